The average Bonchev–Trinajstić information content (AvgIpc) is 2.96. The number of ketones is 1. The highest BCUT2D eigenvalue weighted by Crippen LogP contribution is 2.13. The van der Waals surface area contributed by atoms with Crippen molar-refractivity contribution < 1.29 is 14.3 Å². The molecule has 0 saturated carbocycles. The fourth-order valence-corrected chi connectivity index (χ4v) is 2.17. The second-order valence-electron chi connectivity index (χ2n) is 4.97. The van der Waals surface area contributed by atoms with Gasteiger partial charge in [0, 0.05) is 18.2 Å². The van der Waals surface area contributed by atoms with Crippen LogP contribution in [0.3, 0.4) is 0 Å². The highest BCUT2D eigenvalue weighted by molar-refractivity contribution is 5.94. The third kappa shape index (κ3) is 4.35. The monoisotopic (exact) mass is 276 g/mol. The van der Waals surface area contributed by atoms with Gasteiger partial charge in [-0.15, -0.1) is 0 Å². The molecule has 1 aliphatic rings. The number of hydrogen-bond acceptors (Lipinski definition) is 4. The summed E-state index contributed by atoms with van der Waals surface area (Å²) in [5.41, 5.74) is 0.582. The number of Topliss-reactive ketones (excluding diaryl/α,β-unsaturated/α-hetero) is 1. The summed E-state index contributed by atoms with van der Waals surface area (Å²) in [6.45, 7) is 3.12. The molecule has 5 heteroatoms. The number of amides is 1. The summed E-state index contributed by atoms with van der Waals surface area (Å²) in [6.07, 6.45) is 2.26. The zero-order chi connectivity index (χ0) is 14.4. The molecule has 2 N–H and O–H groups in total. The smallest absolute Gasteiger partial charge is 0.257 e. The zero-order valence-corrected chi connectivity index (χ0v) is 11.6. The van der Waals surface area contributed by atoms with Gasteiger partial charge in [0.1, 0.15) is 5.75 Å². The van der Waals surface area contributed by atoms with Gasteiger partial charge in [0.25, 0.3) is 5.91 Å². The van der Waals surface area contributed by atoms with Crippen molar-refractivity contribution in [2.75, 3.05) is 19.7 Å². The van der Waals surface area contributed by atoms with Gasteiger partial charge >= 0.3 is 0 Å². The number of nitrogens with one attached hydrogen (secondary N) is 2. The van der Waals surface area contributed by atoms with E-state index < -0.39 is 0 Å². The van der Waals surface area contributed by atoms with Crippen molar-refractivity contribution in [3.63, 3.8) is 0 Å². The van der Waals surface area contributed by atoms with Gasteiger partial charge in [-0.1, -0.05) is 12.1 Å². The minimum Gasteiger partial charge on any atom is -0.484 e. The van der Waals surface area contributed by atoms with Crippen molar-refractivity contribution in [3.05, 3.63) is 29.8 Å². The molecular formula is C15H20N2O3. The van der Waals surface area contributed by atoms with Gasteiger partial charge in [-0.2, -0.15) is 0 Å². The van der Waals surface area contributed by atoms with Crippen molar-refractivity contribution in [1.29, 1.82) is 0 Å². The Labute approximate surface area is 118 Å². The van der Waals surface area contributed by atoms with Crippen LogP contribution in [-0.2, 0) is 4.79 Å². The van der Waals surface area contributed by atoms with Gasteiger partial charge in [0.05, 0.1) is 0 Å². The normalized spacial score (nSPS) is 17.8. The molecule has 0 radical (unpaired) electrons. The molecule has 1 unspecified atom stereocenters. The first-order valence-electron chi connectivity index (χ1n) is 6.89. The second kappa shape index (κ2) is 7.05. The topological polar surface area (TPSA) is 67.4 Å². The van der Waals surface area contributed by atoms with E-state index >= 15 is 0 Å². The lowest BCUT2D eigenvalue weighted by Gasteiger charge is -2.12. The molecule has 1 saturated heterocycles. The zero-order valence-electron chi connectivity index (χ0n) is 11.6. The number of ether oxygens (including phenoxy) is 1. The van der Waals surface area contributed by atoms with Gasteiger partial charge < -0.3 is 15.4 Å². The van der Waals surface area contributed by atoms with Gasteiger partial charge in [0.2, 0.25) is 0 Å². The second-order valence-corrected chi connectivity index (χ2v) is 4.97. The Morgan fingerprint density at radius 1 is 1.45 bits per heavy atom. The summed E-state index contributed by atoms with van der Waals surface area (Å²) in [4.78, 5) is 22.9. The molecule has 108 valence electrons. The van der Waals surface area contributed by atoms with E-state index in [4.69, 9.17) is 4.74 Å². The van der Waals surface area contributed by atoms with E-state index in [-0.39, 0.29) is 18.3 Å². The molecule has 1 aromatic rings. The van der Waals surface area contributed by atoms with Gasteiger partial charge in [-0.25, -0.2) is 0 Å². The van der Waals surface area contributed by atoms with E-state index in [2.05, 4.69) is 10.6 Å². The van der Waals surface area contributed by atoms with Crippen LogP contribution in [0.2, 0.25) is 0 Å². The Balaban J connectivity index is 1.75. The van der Waals surface area contributed by atoms with Crippen LogP contribution in [0.4, 0.5) is 0 Å². The lowest BCUT2D eigenvalue weighted by molar-refractivity contribution is -0.123. The maximum absolute atomic E-state index is 11.7. The first-order chi connectivity index (χ1) is 9.65. The van der Waals surface area contributed by atoms with Gasteiger partial charge in [-0.05, 0) is 38.4 Å². The molecule has 1 amide bonds. The Morgan fingerprint density at radius 2 is 2.30 bits per heavy atom. The standard InChI is InChI=1S/C15H20N2O3/c1-11(18)12-4-2-6-14(8-12)20-10-15(19)17-9-13-5-3-7-16-13/h2,4,6,8,13,16H,3,5,7,9-10H2,1H3,(H,17,19). The highest BCUT2D eigenvalue weighted by atomic mass is 16.5. The molecule has 0 spiro atoms. The Morgan fingerprint density at radius 3 is 3.00 bits per heavy atom. The summed E-state index contributed by atoms with van der Waals surface area (Å²) in [5, 5.41) is 6.15. The van der Waals surface area contributed by atoms with Crippen LogP contribution >= 0.6 is 0 Å². The molecule has 1 heterocycles. The predicted octanol–water partition coefficient (Wildman–Crippen LogP) is 1.14. The lowest BCUT2D eigenvalue weighted by atomic mass is 10.1. The maximum atomic E-state index is 11.7. The third-order valence-corrected chi connectivity index (χ3v) is 3.32. The van der Waals surface area contributed by atoms with Crippen molar-refractivity contribution in [2.24, 2.45) is 0 Å². The summed E-state index contributed by atoms with van der Waals surface area (Å²) in [6, 6.07) is 7.22. The number of rotatable bonds is 6. The summed E-state index contributed by atoms with van der Waals surface area (Å²) in [5.74, 6) is 0.367. The Hall–Kier alpha value is -1.88. The van der Waals surface area contributed by atoms with E-state index in [0.717, 1.165) is 19.4 Å². The van der Waals surface area contributed by atoms with E-state index in [1.54, 1.807) is 24.3 Å². The van der Waals surface area contributed by atoms with E-state index in [1.807, 2.05) is 0 Å². The molecule has 1 fully saturated rings. The number of carbonyl (C=O) groups excluding carboxylic acids is 2. The number of benzene rings is 1. The minimum atomic E-state index is -0.146. The van der Waals surface area contributed by atoms with Gasteiger partial charge in [0.15, 0.2) is 12.4 Å². The molecule has 1 aromatic carbocycles. The molecule has 0 aromatic heterocycles. The molecule has 5 nitrogen and oxygen atoms in total. The first kappa shape index (κ1) is 14.5. The van der Waals surface area contributed by atoms with Crippen LogP contribution in [0.1, 0.15) is 30.1 Å². The van der Waals surface area contributed by atoms with Crippen LogP contribution in [0, 0.1) is 0 Å². The molecule has 20 heavy (non-hydrogen) atoms. The maximum Gasteiger partial charge on any atom is 0.257 e. The highest BCUT2D eigenvalue weighted by Gasteiger charge is 2.14. The largest absolute Gasteiger partial charge is 0.484 e. The Bertz CT molecular complexity index is 482. The first-order valence-corrected chi connectivity index (χ1v) is 6.89. The lowest BCUT2D eigenvalue weighted by Crippen LogP contribution is -2.39. The summed E-state index contributed by atoms with van der Waals surface area (Å²) < 4.78 is 5.39. The minimum absolute atomic E-state index is 0.0211. The van der Waals surface area contributed by atoms with Crippen LogP contribution < -0.4 is 15.4 Å². The molecule has 1 aliphatic heterocycles. The number of carbonyl (C=O) groups is 2. The molecule has 0 bridgehead atoms. The quantitative estimate of drug-likeness (QED) is 0.765. The van der Waals surface area contributed by atoms with Gasteiger partial charge in [-0.3, -0.25) is 9.59 Å². The van der Waals surface area contributed by atoms with Crippen LogP contribution in [0.5, 0.6) is 5.75 Å². The summed E-state index contributed by atoms with van der Waals surface area (Å²) in [7, 11) is 0. The predicted molar refractivity (Wildman–Crippen MR) is 76.0 cm³/mol. The Kier molecular flexibility index (Phi) is 5.12. The average molecular weight is 276 g/mol. The molecule has 2 rings (SSSR count). The third-order valence-electron chi connectivity index (χ3n) is 3.32. The molecule has 1 atom stereocenters. The van der Waals surface area contributed by atoms with E-state index in [1.165, 1.54) is 6.92 Å². The van der Waals surface area contributed by atoms with Crippen molar-refractivity contribution in [1.82, 2.24) is 10.6 Å². The molecule has 0 aliphatic carbocycles. The summed E-state index contributed by atoms with van der Waals surface area (Å²) >= 11 is 0. The van der Waals surface area contributed by atoms with E-state index in [9.17, 15) is 9.59 Å². The number of hydrogen-bond donors (Lipinski definition) is 2. The van der Waals surface area contributed by atoms with Crippen LogP contribution in [0.25, 0.3) is 0 Å². The van der Waals surface area contributed by atoms with E-state index in [0.29, 0.717) is 23.9 Å². The van der Waals surface area contributed by atoms with Crippen molar-refractivity contribution in [2.45, 2.75) is 25.8 Å². The van der Waals surface area contributed by atoms with Crippen molar-refractivity contribution in [3.8, 4) is 5.75 Å². The fraction of sp³-hybridized carbons (Fsp3) is 0.467. The van der Waals surface area contributed by atoms with Crippen LogP contribution in [0.15, 0.2) is 24.3 Å². The fourth-order valence-electron chi connectivity index (χ4n) is 2.17. The SMILES string of the molecule is CC(=O)c1cccc(OCC(=O)NCC2CCCN2)c1. The van der Waals surface area contributed by atoms with Crippen molar-refractivity contribution >= 4 is 11.7 Å². The van der Waals surface area contributed by atoms with Crippen LogP contribution in [-0.4, -0.2) is 37.4 Å². The molecular weight excluding hydrogens is 256 g/mol.